The summed E-state index contributed by atoms with van der Waals surface area (Å²) in [5.41, 5.74) is 1.03. The van der Waals surface area contributed by atoms with Crippen molar-refractivity contribution in [3.63, 3.8) is 0 Å². The van der Waals surface area contributed by atoms with Gasteiger partial charge in [-0.2, -0.15) is 0 Å². The van der Waals surface area contributed by atoms with Crippen LogP contribution in [0.5, 0.6) is 5.75 Å². The molecule has 1 fully saturated rings. The Morgan fingerprint density at radius 2 is 2.05 bits per heavy atom. The summed E-state index contributed by atoms with van der Waals surface area (Å²) in [5, 5.41) is 1.16. The second-order valence-corrected chi connectivity index (χ2v) is 5.47. The van der Waals surface area contributed by atoms with Crippen molar-refractivity contribution in [2.75, 3.05) is 0 Å². The van der Waals surface area contributed by atoms with Crippen LogP contribution in [0.15, 0.2) is 36.5 Å². The number of benzene rings is 1. The van der Waals surface area contributed by atoms with Gasteiger partial charge < -0.3 is 4.74 Å². The second-order valence-electron chi connectivity index (χ2n) is 5.47. The molecule has 3 rings (SSSR count). The van der Waals surface area contributed by atoms with E-state index in [1.807, 2.05) is 24.4 Å². The van der Waals surface area contributed by atoms with Crippen LogP contribution in [0, 0.1) is 5.92 Å². The fourth-order valence-corrected chi connectivity index (χ4v) is 3.09. The zero-order chi connectivity index (χ0) is 13.1. The topological polar surface area (TPSA) is 22.1 Å². The van der Waals surface area contributed by atoms with Crippen LogP contribution in [0.2, 0.25) is 0 Å². The Labute approximate surface area is 114 Å². The van der Waals surface area contributed by atoms with Crippen LogP contribution in [-0.2, 0) is 0 Å². The molecular weight excluding hydrogens is 234 g/mol. The van der Waals surface area contributed by atoms with Crippen molar-refractivity contribution in [2.45, 2.75) is 45.1 Å². The minimum absolute atomic E-state index is 0.377. The van der Waals surface area contributed by atoms with Crippen molar-refractivity contribution < 1.29 is 4.74 Å². The molecule has 1 aromatic carbocycles. The highest BCUT2D eigenvalue weighted by Gasteiger charge is 2.25. The van der Waals surface area contributed by atoms with Crippen molar-refractivity contribution in [3.05, 3.63) is 36.5 Å². The number of para-hydroxylation sites is 1. The van der Waals surface area contributed by atoms with E-state index in [4.69, 9.17) is 4.74 Å². The third-order valence-electron chi connectivity index (χ3n) is 4.22. The lowest BCUT2D eigenvalue weighted by Crippen LogP contribution is -2.29. The van der Waals surface area contributed by atoms with Gasteiger partial charge in [-0.05, 0) is 43.7 Å². The van der Waals surface area contributed by atoms with Crippen LogP contribution in [0.4, 0.5) is 0 Å². The van der Waals surface area contributed by atoms with Crippen LogP contribution < -0.4 is 4.74 Å². The van der Waals surface area contributed by atoms with Crippen molar-refractivity contribution >= 4 is 10.9 Å². The summed E-state index contributed by atoms with van der Waals surface area (Å²) in [6.45, 7) is 2.27. The van der Waals surface area contributed by atoms with E-state index in [1.165, 1.54) is 32.1 Å². The molecule has 2 atom stereocenters. The molecule has 0 saturated heterocycles. The number of pyridine rings is 1. The molecule has 2 heteroatoms. The molecule has 1 aliphatic rings. The third kappa shape index (κ3) is 2.73. The number of nitrogens with zero attached hydrogens (tertiary/aromatic N) is 1. The van der Waals surface area contributed by atoms with Crippen molar-refractivity contribution in [1.29, 1.82) is 0 Å². The molecule has 1 heterocycles. The molecule has 0 radical (unpaired) electrons. The Hall–Kier alpha value is -1.57. The first kappa shape index (κ1) is 12.5. The van der Waals surface area contributed by atoms with Crippen LogP contribution >= 0.6 is 0 Å². The Balaban J connectivity index is 1.80. The zero-order valence-corrected chi connectivity index (χ0v) is 11.5. The Morgan fingerprint density at radius 3 is 2.95 bits per heavy atom. The standard InChI is InChI=1S/C17H21NO/c1-2-13-7-4-6-10-17(13)19-15-11-14-8-3-5-9-16(14)18-12-15/h3,5,8-9,11-13,17H,2,4,6-7,10H2,1H3. The molecular formula is C17H21NO. The van der Waals surface area contributed by atoms with Gasteiger partial charge in [0.1, 0.15) is 11.9 Å². The normalized spacial score (nSPS) is 23.4. The van der Waals surface area contributed by atoms with E-state index >= 15 is 0 Å². The number of hydrogen-bond donors (Lipinski definition) is 0. The minimum Gasteiger partial charge on any atom is -0.489 e. The number of hydrogen-bond acceptors (Lipinski definition) is 2. The maximum Gasteiger partial charge on any atom is 0.138 e. The van der Waals surface area contributed by atoms with E-state index < -0.39 is 0 Å². The van der Waals surface area contributed by atoms with Gasteiger partial charge in [-0.15, -0.1) is 0 Å². The summed E-state index contributed by atoms with van der Waals surface area (Å²) in [7, 11) is 0. The number of rotatable bonds is 3. The summed E-state index contributed by atoms with van der Waals surface area (Å²) in [6, 6.07) is 10.3. The van der Waals surface area contributed by atoms with Gasteiger partial charge in [0.2, 0.25) is 0 Å². The molecule has 2 aromatic rings. The smallest absolute Gasteiger partial charge is 0.138 e. The minimum atomic E-state index is 0.377. The average Bonchev–Trinajstić information content (AvgIpc) is 2.48. The molecule has 0 amide bonds. The Morgan fingerprint density at radius 1 is 1.21 bits per heavy atom. The zero-order valence-electron chi connectivity index (χ0n) is 11.5. The average molecular weight is 255 g/mol. The lowest BCUT2D eigenvalue weighted by atomic mass is 9.85. The van der Waals surface area contributed by atoms with Crippen LogP contribution in [0.1, 0.15) is 39.0 Å². The summed E-state index contributed by atoms with van der Waals surface area (Å²) >= 11 is 0. The first-order chi connectivity index (χ1) is 9.36. The van der Waals surface area contributed by atoms with Crippen LogP contribution in [0.3, 0.4) is 0 Å². The van der Waals surface area contributed by atoms with E-state index in [9.17, 15) is 0 Å². The fraction of sp³-hybridized carbons (Fsp3) is 0.471. The van der Waals surface area contributed by atoms with Crippen molar-refractivity contribution in [1.82, 2.24) is 4.98 Å². The SMILES string of the molecule is CCC1CCCCC1Oc1cnc2ccccc2c1. The lowest BCUT2D eigenvalue weighted by molar-refractivity contribution is 0.0902. The molecule has 1 aromatic heterocycles. The monoisotopic (exact) mass is 255 g/mol. The van der Waals surface area contributed by atoms with Gasteiger partial charge in [0.15, 0.2) is 0 Å². The highest BCUT2D eigenvalue weighted by Crippen LogP contribution is 2.30. The molecule has 0 N–H and O–H groups in total. The Bertz CT molecular complexity index is 552. The second kappa shape index (κ2) is 5.60. The maximum absolute atomic E-state index is 6.20. The van der Waals surface area contributed by atoms with E-state index in [-0.39, 0.29) is 0 Å². The fourth-order valence-electron chi connectivity index (χ4n) is 3.09. The lowest BCUT2D eigenvalue weighted by Gasteiger charge is -2.31. The van der Waals surface area contributed by atoms with E-state index in [0.29, 0.717) is 12.0 Å². The third-order valence-corrected chi connectivity index (χ3v) is 4.22. The van der Waals surface area contributed by atoms with E-state index in [1.54, 1.807) is 0 Å². The molecule has 1 aliphatic carbocycles. The highest BCUT2D eigenvalue weighted by atomic mass is 16.5. The van der Waals surface area contributed by atoms with Gasteiger partial charge in [-0.3, -0.25) is 4.98 Å². The van der Waals surface area contributed by atoms with Gasteiger partial charge in [0.25, 0.3) is 0 Å². The first-order valence-corrected chi connectivity index (χ1v) is 7.38. The quantitative estimate of drug-likeness (QED) is 0.800. The number of aromatic nitrogens is 1. The van der Waals surface area contributed by atoms with Gasteiger partial charge in [0, 0.05) is 5.39 Å². The predicted octanol–water partition coefficient (Wildman–Crippen LogP) is 4.58. The van der Waals surface area contributed by atoms with E-state index in [0.717, 1.165) is 16.7 Å². The van der Waals surface area contributed by atoms with Gasteiger partial charge in [-0.25, -0.2) is 0 Å². The van der Waals surface area contributed by atoms with Crippen molar-refractivity contribution in [3.8, 4) is 5.75 Å². The van der Waals surface area contributed by atoms with Gasteiger partial charge in [-0.1, -0.05) is 31.5 Å². The molecule has 0 aliphatic heterocycles. The molecule has 0 bridgehead atoms. The number of ether oxygens (including phenoxy) is 1. The molecule has 2 unspecified atom stereocenters. The molecule has 1 saturated carbocycles. The molecule has 100 valence electrons. The largest absolute Gasteiger partial charge is 0.489 e. The molecule has 19 heavy (non-hydrogen) atoms. The maximum atomic E-state index is 6.20. The molecule has 2 nitrogen and oxygen atoms in total. The summed E-state index contributed by atoms with van der Waals surface area (Å²) in [5.74, 6) is 1.63. The molecule has 0 spiro atoms. The first-order valence-electron chi connectivity index (χ1n) is 7.38. The number of fused-ring (bicyclic) bond motifs is 1. The summed E-state index contributed by atoms with van der Waals surface area (Å²) < 4.78 is 6.20. The van der Waals surface area contributed by atoms with E-state index in [2.05, 4.69) is 24.0 Å². The van der Waals surface area contributed by atoms with Crippen molar-refractivity contribution in [2.24, 2.45) is 5.92 Å². The van der Waals surface area contributed by atoms with Crippen LogP contribution in [0.25, 0.3) is 10.9 Å². The van der Waals surface area contributed by atoms with Crippen LogP contribution in [-0.4, -0.2) is 11.1 Å². The van der Waals surface area contributed by atoms with Gasteiger partial charge >= 0.3 is 0 Å². The summed E-state index contributed by atoms with van der Waals surface area (Å²) in [4.78, 5) is 4.47. The summed E-state index contributed by atoms with van der Waals surface area (Å²) in [6.07, 6.45) is 8.60. The highest BCUT2D eigenvalue weighted by molar-refractivity contribution is 5.79. The van der Waals surface area contributed by atoms with Gasteiger partial charge in [0.05, 0.1) is 11.7 Å². The Kier molecular flexibility index (Phi) is 3.67. The predicted molar refractivity (Wildman–Crippen MR) is 78.4 cm³/mol.